The van der Waals surface area contributed by atoms with E-state index in [0.29, 0.717) is 23.0 Å². The summed E-state index contributed by atoms with van der Waals surface area (Å²) in [6.45, 7) is 6.68. The third-order valence-corrected chi connectivity index (χ3v) is 4.71. The van der Waals surface area contributed by atoms with Crippen LogP contribution < -0.4 is 10.6 Å². The lowest BCUT2D eigenvalue weighted by molar-refractivity contribution is -0.00511. The Balaban J connectivity index is 2.48. The van der Waals surface area contributed by atoms with E-state index in [-0.39, 0.29) is 29.2 Å². The second-order valence-corrected chi connectivity index (χ2v) is 6.23. The molecule has 2 unspecified atom stereocenters. The van der Waals surface area contributed by atoms with E-state index >= 15 is 0 Å². The first-order valence-electron chi connectivity index (χ1n) is 6.77. The molecule has 21 heavy (non-hydrogen) atoms. The Bertz CT molecular complexity index is 560. The Morgan fingerprint density at radius 1 is 1.33 bits per heavy atom. The molecule has 1 aromatic rings. The molecular formula is C14H20N2O4S. The van der Waals surface area contributed by atoms with Crippen LogP contribution in [-0.4, -0.2) is 44.2 Å². The van der Waals surface area contributed by atoms with Crippen molar-refractivity contribution in [3.63, 3.8) is 0 Å². The molecule has 0 saturated carbocycles. The van der Waals surface area contributed by atoms with Crippen LogP contribution in [0.5, 0.6) is 0 Å². The number of nitrogen functional groups attached to an aromatic ring is 1. The fraction of sp³-hybridized carbons (Fsp3) is 0.571. The predicted octanol–water partition coefficient (Wildman–Crippen LogP) is 1.93. The summed E-state index contributed by atoms with van der Waals surface area (Å²) in [6, 6.07) is 0. The Kier molecular flexibility index (Phi) is 4.53. The van der Waals surface area contributed by atoms with Crippen molar-refractivity contribution in [3.05, 3.63) is 10.4 Å². The third-order valence-electron chi connectivity index (χ3n) is 3.34. The number of ether oxygens (including phenoxy) is 2. The lowest BCUT2D eigenvalue weighted by Crippen LogP contribution is -2.45. The predicted molar refractivity (Wildman–Crippen MR) is 82.3 cm³/mol. The number of ketones is 1. The van der Waals surface area contributed by atoms with Gasteiger partial charge in [-0.25, -0.2) is 4.79 Å². The van der Waals surface area contributed by atoms with E-state index < -0.39 is 5.97 Å². The largest absolute Gasteiger partial charge is 0.465 e. The van der Waals surface area contributed by atoms with Crippen molar-refractivity contribution in [2.24, 2.45) is 0 Å². The number of Topliss-reactive ketones (excluding diaryl/α,β-unsaturated/α-hetero) is 1. The minimum absolute atomic E-state index is 0.0448. The maximum absolute atomic E-state index is 12.0. The molecule has 0 amide bonds. The van der Waals surface area contributed by atoms with E-state index in [0.717, 1.165) is 0 Å². The van der Waals surface area contributed by atoms with Gasteiger partial charge in [0.2, 0.25) is 0 Å². The Morgan fingerprint density at radius 2 is 1.90 bits per heavy atom. The van der Waals surface area contributed by atoms with E-state index in [1.165, 1.54) is 25.4 Å². The van der Waals surface area contributed by atoms with Gasteiger partial charge in [0.1, 0.15) is 10.6 Å². The molecule has 116 valence electrons. The molecule has 2 N–H and O–H groups in total. The molecule has 0 radical (unpaired) electrons. The van der Waals surface area contributed by atoms with Gasteiger partial charge in [0.15, 0.2) is 5.78 Å². The number of hydrogen-bond acceptors (Lipinski definition) is 7. The van der Waals surface area contributed by atoms with E-state index in [1.807, 2.05) is 18.7 Å². The van der Waals surface area contributed by atoms with Crippen LogP contribution in [0.15, 0.2) is 0 Å². The molecular weight excluding hydrogens is 292 g/mol. The molecule has 1 aliphatic heterocycles. The standard InChI is InChI=1S/C14H20N2O4S/c1-7-5-16(6-8(2)20-7)13-10(14(18)19-4)11(15)12(21-13)9(3)17/h7-8H,5-6,15H2,1-4H3. The van der Waals surface area contributed by atoms with Gasteiger partial charge in [-0.1, -0.05) is 0 Å². The fourth-order valence-electron chi connectivity index (χ4n) is 2.56. The minimum Gasteiger partial charge on any atom is -0.465 e. The fourth-order valence-corrected chi connectivity index (χ4v) is 3.68. The summed E-state index contributed by atoms with van der Waals surface area (Å²) >= 11 is 1.24. The van der Waals surface area contributed by atoms with Gasteiger partial charge >= 0.3 is 5.97 Å². The van der Waals surface area contributed by atoms with Gasteiger partial charge in [-0.2, -0.15) is 0 Å². The van der Waals surface area contributed by atoms with E-state index in [4.69, 9.17) is 15.2 Å². The highest BCUT2D eigenvalue weighted by Gasteiger charge is 2.31. The molecule has 0 aromatic carbocycles. The highest BCUT2D eigenvalue weighted by Crippen LogP contribution is 2.40. The second kappa shape index (κ2) is 6.03. The summed E-state index contributed by atoms with van der Waals surface area (Å²) in [5.41, 5.74) is 6.48. The molecule has 1 aromatic heterocycles. The smallest absolute Gasteiger partial charge is 0.343 e. The van der Waals surface area contributed by atoms with Crippen LogP contribution in [-0.2, 0) is 9.47 Å². The molecule has 1 saturated heterocycles. The van der Waals surface area contributed by atoms with Gasteiger partial charge in [0.25, 0.3) is 0 Å². The summed E-state index contributed by atoms with van der Waals surface area (Å²) in [4.78, 5) is 26.2. The van der Waals surface area contributed by atoms with Crippen molar-refractivity contribution < 1.29 is 19.1 Å². The summed E-state index contributed by atoms with van der Waals surface area (Å²) < 4.78 is 10.5. The lowest BCUT2D eigenvalue weighted by Gasteiger charge is -2.36. The number of thiophene rings is 1. The highest BCUT2D eigenvalue weighted by molar-refractivity contribution is 7.19. The van der Waals surface area contributed by atoms with E-state index in [2.05, 4.69) is 0 Å². The summed E-state index contributed by atoms with van der Waals surface area (Å²) in [5.74, 6) is -0.665. The number of nitrogens with zero attached hydrogens (tertiary/aromatic N) is 1. The van der Waals surface area contributed by atoms with E-state index in [1.54, 1.807) is 0 Å². The van der Waals surface area contributed by atoms with Crippen LogP contribution in [0.1, 0.15) is 40.8 Å². The number of hydrogen-bond donors (Lipinski definition) is 1. The third kappa shape index (κ3) is 3.03. The van der Waals surface area contributed by atoms with Crippen LogP contribution in [0.4, 0.5) is 10.7 Å². The zero-order valence-corrected chi connectivity index (χ0v) is 13.5. The van der Waals surface area contributed by atoms with Crippen molar-refractivity contribution in [2.75, 3.05) is 30.8 Å². The summed E-state index contributed by atoms with van der Waals surface area (Å²) in [6.07, 6.45) is 0.0895. The van der Waals surface area contributed by atoms with Crippen molar-refractivity contribution in [1.82, 2.24) is 0 Å². The quantitative estimate of drug-likeness (QED) is 0.678. The Hall–Kier alpha value is -1.60. The van der Waals surface area contributed by atoms with Crippen molar-refractivity contribution in [1.29, 1.82) is 0 Å². The number of methoxy groups -OCH3 is 1. The minimum atomic E-state index is -0.516. The van der Waals surface area contributed by atoms with Crippen molar-refractivity contribution >= 4 is 33.8 Å². The van der Waals surface area contributed by atoms with Gasteiger partial charge in [-0.3, -0.25) is 4.79 Å². The number of nitrogens with two attached hydrogens (primary N) is 1. The molecule has 0 spiro atoms. The van der Waals surface area contributed by atoms with Gasteiger partial charge in [-0.05, 0) is 13.8 Å². The monoisotopic (exact) mass is 312 g/mol. The number of carbonyl (C=O) groups excluding carboxylic acids is 2. The maximum atomic E-state index is 12.0. The molecule has 6 nitrogen and oxygen atoms in total. The SMILES string of the molecule is COC(=O)c1c(N2CC(C)OC(C)C2)sc(C(C)=O)c1N. The maximum Gasteiger partial charge on any atom is 0.343 e. The average Bonchev–Trinajstić information content (AvgIpc) is 2.74. The number of esters is 1. The zero-order valence-electron chi connectivity index (χ0n) is 12.6. The first kappa shape index (κ1) is 15.8. The van der Waals surface area contributed by atoms with Crippen LogP contribution in [0.2, 0.25) is 0 Å². The second-order valence-electron chi connectivity index (χ2n) is 5.24. The molecule has 1 aliphatic rings. The lowest BCUT2D eigenvalue weighted by atomic mass is 10.1. The van der Waals surface area contributed by atoms with Crippen LogP contribution >= 0.6 is 11.3 Å². The molecule has 2 atom stereocenters. The molecule has 0 aliphatic carbocycles. The number of carbonyl (C=O) groups is 2. The molecule has 7 heteroatoms. The Labute approximate surface area is 127 Å². The van der Waals surface area contributed by atoms with Gasteiger partial charge in [0.05, 0.1) is 29.9 Å². The average molecular weight is 312 g/mol. The van der Waals surface area contributed by atoms with Crippen LogP contribution in [0.3, 0.4) is 0 Å². The first-order valence-corrected chi connectivity index (χ1v) is 7.58. The molecule has 2 rings (SSSR count). The Morgan fingerprint density at radius 3 is 2.38 bits per heavy atom. The van der Waals surface area contributed by atoms with Gasteiger partial charge in [-0.15, -0.1) is 11.3 Å². The van der Waals surface area contributed by atoms with Gasteiger partial charge in [0, 0.05) is 20.0 Å². The van der Waals surface area contributed by atoms with Crippen LogP contribution in [0, 0.1) is 0 Å². The molecule has 1 fully saturated rings. The number of morpholine rings is 1. The first-order chi connectivity index (χ1) is 9.85. The summed E-state index contributed by atoms with van der Waals surface area (Å²) in [5, 5.41) is 0.687. The highest BCUT2D eigenvalue weighted by atomic mass is 32.1. The van der Waals surface area contributed by atoms with Crippen molar-refractivity contribution in [2.45, 2.75) is 33.0 Å². The zero-order chi connectivity index (χ0) is 15.7. The normalized spacial score (nSPS) is 22.2. The van der Waals surface area contributed by atoms with Crippen molar-refractivity contribution in [3.8, 4) is 0 Å². The number of anilines is 2. The number of rotatable bonds is 3. The molecule has 0 bridgehead atoms. The molecule has 2 heterocycles. The topological polar surface area (TPSA) is 81.9 Å². The van der Waals surface area contributed by atoms with E-state index in [9.17, 15) is 9.59 Å². The summed E-state index contributed by atoms with van der Waals surface area (Å²) in [7, 11) is 1.31. The van der Waals surface area contributed by atoms with Gasteiger partial charge < -0.3 is 20.1 Å². The van der Waals surface area contributed by atoms with Crippen LogP contribution in [0.25, 0.3) is 0 Å².